The van der Waals surface area contributed by atoms with Gasteiger partial charge in [-0.15, -0.1) is 23.1 Å². The van der Waals surface area contributed by atoms with Gasteiger partial charge in [-0.05, 0) is 42.8 Å². The van der Waals surface area contributed by atoms with Crippen molar-refractivity contribution in [3.63, 3.8) is 0 Å². The van der Waals surface area contributed by atoms with Crippen molar-refractivity contribution >= 4 is 52.3 Å². The van der Waals surface area contributed by atoms with Gasteiger partial charge in [0.15, 0.2) is 0 Å². The van der Waals surface area contributed by atoms with Gasteiger partial charge in [0, 0.05) is 27.9 Å². The number of nitrogens with zero attached hydrogens (tertiary/aromatic N) is 2. The topological polar surface area (TPSA) is 84.0 Å². The molecule has 9 heteroatoms. The number of thiazole rings is 1. The van der Waals surface area contributed by atoms with E-state index in [1.54, 1.807) is 29.9 Å². The molecule has 0 saturated carbocycles. The molecular formula is C20H19ClN4O2S2. The van der Waals surface area contributed by atoms with Crippen molar-refractivity contribution < 1.29 is 9.59 Å². The first-order valence-electron chi connectivity index (χ1n) is 8.78. The van der Waals surface area contributed by atoms with Crippen molar-refractivity contribution in [3.8, 4) is 0 Å². The molecular weight excluding hydrogens is 428 g/mol. The third-order valence-corrected chi connectivity index (χ3v) is 5.88. The molecule has 3 aromatic rings. The molecule has 6 nitrogen and oxygen atoms in total. The molecule has 1 atom stereocenters. The maximum Gasteiger partial charge on any atom is 0.248 e. The number of carbonyl (C=O) groups excluding carboxylic acids is 2. The molecule has 0 fully saturated rings. The summed E-state index contributed by atoms with van der Waals surface area (Å²) in [7, 11) is 0. The highest BCUT2D eigenvalue weighted by molar-refractivity contribution is 8.00. The van der Waals surface area contributed by atoms with Crippen LogP contribution in [0.5, 0.6) is 0 Å². The molecule has 2 heterocycles. The number of aromatic nitrogens is 2. The SMILES string of the molecule is Cc1cccnc1NC(=O)C(Cc1cscn1)NC(=O)CSc1ccc(Cl)cc1. The maximum absolute atomic E-state index is 12.8. The number of amides is 2. The van der Waals surface area contributed by atoms with E-state index < -0.39 is 6.04 Å². The van der Waals surface area contributed by atoms with Gasteiger partial charge in [-0.1, -0.05) is 17.7 Å². The lowest BCUT2D eigenvalue weighted by atomic mass is 10.1. The Kier molecular flexibility index (Phi) is 7.62. The van der Waals surface area contributed by atoms with E-state index in [2.05, 4.69) is 20.6 Å². The molecule has 1 aromatic carbocycles. The lowest BCUT2D eigenvalue weighted by Gasteiger charge is -2.18. The van der Waals surface area contributed by atoms with Gasteiger partial charge in [-0.2, -0.15) is 0 Å². The largest absolute Gasteiger partial charge is 0.343 e. The van der Waals surface area contributed by atoms with Gasteiger partial charge in [-0.25, -0.2) is 9.97 Å². The average Bonchev–Trinajstić information content (AvgIpc) is 3.22. The summed E-state index contributed by atoms with van der Waals surface area (Å²) in [5.74, 6) is 0.0961. The summed E-state index contributed by atoms with van der Waals surface area (Å²) in [4.78, 5) is 34.6. The summed E-state index contributed by atoms with van der Waals surface area (Å²) >= 11 is 8.70. The molecule has 2 aromatic heterocycles. The van der Waals surface area contributed by atoms with Crippen molar-refractivity contribution in [1.82, 2.24) is 15.3 Å². The molecule has 0 radical (unpaired) electrons. The molecule has 150 valence electrons. The zero-order valence-electron chi connectivity index (χ0n) is 15.6. The van der Waals surface area contributed by atoms with Gasteiger partial charge in [0.25, 0.3) is 0 Å². The monoisotopic (exact) mass is 446 g/mol. The standard InChI is InChI=1S/C20H19ClN4O2S2/c1-13-3-2-8-22-19(13)25-20(27)17(9-15-10-28-12-23-15)24-18(26)11-29-16-6-4-14(21)5-7-16/h2-8,10,12,17H,9,11H2,1H3,(H,24,26)(H,22,25,27). The van der Waals surface area contributed by atoms with E-state index >= 15 is 0 Å². The Morgan fingerprint density at radius 3 is 2.69 bits per heavy atom. The highest BCUT2D eigenvalue weighted by Gasteiger charge is 2.23. The van der Waals surface area contributed by atoms with E-state index in [1.807, 2.05) is 30.5 Å². The number of thioether (sulfide) groups is 1. The van der Waals surface area contributed by atoms with Gasteiger partial charge in [0.2, 0.25) is 11.8 Å². The van der Waals surface area contributed by atoms with E-state index in [9.17, 15) is 9.59 Å². The van der Waals surface area contributed by atoms with Crippen LogP contribution in [-0.4, -0.2) is 33.6 Å². The molecule has 0 aliphatic rings. The molecule has 29 heavy (non-hydrogen) atoms. The molecule has 0 aliphatic heterocycles. The zero-order valence-corrected chi connectivity index (χ0v) is 18.0. The van der Waals surface area contributed by atoms with Crippen LogP contribution < -0.4 is 10.6 Å². The average molecular weight is 447 g/mol. The van der Waals surface area contributed by atoms with Crippen LogP contribution in [-0.2, 0) is 16.0 Å². The number of nitrogens with one attached hydrogen (secondary N) is 2. The second kappa shape index (κ2) is 10.4. The number of aryl methyl sites for hydroxylation is 1. The number of hydrogen-bond donors (Lipinski definition) is 2. The van der Waals surface area contributed by atoms with Crippen molar-refractivity contribution in [1.29, 1.82) is 0 Å². The number of rotatable bonds is 8. The number of carbonyl (C=O) groups is 2. The van der Waals surface area contributed by atoms with E-state index in [1.165, 1.54) is 23.1 Å². The highest BCUT2D eigenvalue weighted by Crippen LogP contribution is 2.20. The van der Waals surface area contributed by atoms with E-state index in [0.717, 1.165) is 16.2 Å². The lowest BCUT2D eigenvalue weighted by molar-refractivity contribution is -0.124. The fourth-order valence-electron chi connectivity index (χ4n) is 2.49. The number of hydrogen-bond acceptors (Lipinski definition) is 6. The van der Waals surface area contributed by atoms with E-state index in [-0.39, 0.29) is 17.6 Å². The zero-order chi connectivity index (χ0) is 20.6. The summed E-state index contributed by atoms with van der Waals surface area (Å²) in [5, 5.41) is 8.12. The number of pyridine rings is 1. The Hall–Kier alpha value is -2.42. The van der Waals surface area contributed by atoms with Gasteiger partial charge in [0.05, 0.1) is 17.0 Å². The minimum absolute atomic E-state index is 0.186. The summed E-state index contributed by atoms with van der Waals surface area (Å²) in [5.41, 5.74) is 3.29. The Bertz CT molecular complexity index is 965. The van der Waals surface area contributed by atoms with Crippen LogP contribution >= 0.6 is 34.7 Å². The summed E-state index contributed by atoms with van der Waals surface area (Å²) in [6.45, 7) is 1.86. The van der Waals surface area contributed by atoms with Crippen LogP contribution in [0.25, 0.3) is 0 Å². The molecule has 3 rings (SSSR count). The van der Waals surface area contributed by atoms with Crippen LogP contribution in [0.4, 0.5) is 5.82 Å². The Labute approximate surface area is 182 Å². The minimum atomic E-state index is -0.753. The Balaban J connectivity index is 1.64. The van der Waals surface area contributed by atoms with Gasteiger partial charge in [0.1, 0.15) is 11.9 Å². The Morgan fingerprint density at radius 1 is 1.21 bits per heavy atom. The second-order valence-electron chi connectivity index (χ2n) is 6.20. The summed E-state index contributed by atoms with van der Waals surface area (Å²) in [6.07, 6.45) is 1.91. The maximum atomic E-state index is 12.8. The third kappa shape index (κ3) is 6.56. The molecule has 1 unspecified atom stereocenters. The van der Waals surface area contributed by atoms with E-state index in [4.69, 9.17) is 11.6 Å². The first-order valence-corrected chi connectivity index (χ1v) is 11.1. The quantitative estimate of drug-likeness (QED) is 0.512. The fraction of sp³-hybridized carbons (Fsp3) is 0.200. The minimum Gasteiger partial charge on any atom is -0.343 e. The molecule has 0 saturated heterocycles. The summed E-state index contributed by atoms with van der Waals surface area (Å²) in [6, 6.07) is 10.2. The smallest absolute Gasteiger partial charge is 0.248 e. The molecule has 2 N–H and O–H groups in total. The van der Waals surface area contributed by atoms with E-state index in [0.29, 0.717) is 17.3 Å². The first kappa shape index (κ1) is 21.3. The van der Waals surface area contributed by atoms with Crippen LogP contribution in [0.3, 0.4) is 0 Å². The predicted octanol–water partition coefficient (Wildman–Crippen LogP) is 3.96. The summed E-state index contributed by atoms with van der Waals surface area (Å²) < 4.78 is 0. The van der Waals surface area contributed by atoms with Gasteiger partial charge in [-0.3, -0.25) is 9.59 Å². The van der Waals surface area contributed by atoms with Crippen molar-refractivity contribution in [3.05, 3.63) is 69.8 Å². The van der Waals surface area contributed by atoms with Crippen molar-refractivity contribution in [2.24, 2.45) is 0 Å². The fourth-order valence-corrected chi connectivity index (χ4v) is 3.90. The van der Waals surface area contributed by atoms with Crippen LogP contribution in [0.1, 0.15) is 11.3 Å². The lowest BCUT2D eigenvalue weighted by Crippen LogP contribution is -2.46. The van der Waals surface area contributed by atoms with Crippen LogP contribution in [0.15, 0.2) is 58.4 Å². The van der Waals surface area contributed by atoms with Crippen molar-refractivity contribution in [2.75, 3.05) is 11.1 Å². The number of benzene rings is 1. The predicted molar refractivity (Wildman–Crippen MR) is 118 cm³/mol. The number of halogens is 1. The molecule has 2 amide bonds. The molecule has 0 bridgehead atoms. The normalized spacial score (nSPS) is 11.7. The second-order valence-corrected chi connectivity index (χ2v) is 8.41. The van der Waals surface area contributed by atoms with Crippen LogP contribution in [0.2, 0.25) is 5.02 Å². The third-order valence-electron chi connectivity index (χ3n) is 3.98. The molecule has 0 spiro atoms. The first-order chi connectivity index (χ1) is 14.0. The molecule has 0 aliphatic carbocycles. The van der Waals surface area contributed by atoms with Crippen molar-refractivity contribution in [2.45, 2.75) is 24.3 Å². The van der Waals surface area contributed by atoms with Gasteiger partial charge < -0.3 is 10.6 Å². The highest BCUT2D eigenvalue weighted by atomic mass is 35.5. The van der Waals surface area contributed by atoms with Crippen LogP contribution in [0, 0.1) is 6.92 Å². The Morgan fingerprint density at radius 2 is 2.00 bits per heavy atom. The number of anilines is 1. The van der Waals surface area contributed by atoms with Gasteiger partial charge >= 0.3 is 0 Å².